The summed E-state index contributed by atoms with van der Waals surface area (Å²) in [6.45, 7) is 6.37. The standard InChI is InChI=1S/C17H21N3O3S/c1-11-4-6-14(7-5-11)23-10-15-20-12(2)16(24-15)17(22)19-9-8-18-13(3)21/h4-7H,8-10H2,1-3H3,(H,18,21)(H,19,22). The quantitative estimate of drug-likeness (QED) is 0.753. The molecule has 0 aliphatic carbocycles. The van der Waals surface area contributed by atoms with Crippen LogP contribution in [-0.2, 0) is 11.4 Å². The van der Waals surface area contributed by atoms with Crippen molar-refractivity contribution in [3.05, 3.63) is 45.4 Å². The number of rotatable bonds is 7. The van der Waals surface area contributed by atoms with Crippen LogP contribution in [0.15, 0.2) is 24.3 Å². The second-order valence-corrected chi connectivity index (χ2v) is 6.45. The molecular weight excluding hydrogens is 326 g/mol. The van der Waals surface area contributed by atoms with Gasteiger partial charge in [-0.25, -0.2) is 4.98 Å². The van der Waals surface area contributed by atoms with E-state index < -0.39 is 0 Å². The number of carbonyl (C=O) groups excluding carboxylic acids is 2. The van der Waals surface area contributed by atoms with Gasteiger partial charge in [0.1, 0.15) is 22.2 Å². The first kappa shape index (κ1) is 17.9. The normalized spacial score (nSPS) is 10.3. The first-order chi connectivity index (χ1) is 11.5. The van der Waals surface area contributed by atoms with Gasteiger partial charge < -0.3 is 15.4 Å². The molecule has 0 aliphatic rings. The van der Waals surface area contributed by atoms with Gasteiger partial charge in [0.15, 0.2) is 0 Å². The van der Waals surface area contributed by atoms with Crippen molar-refractivity contribution in [1.82, 2.24) is 15.6 Å². The summed E-state index contributed by atoms with van der Waals surface area (Å²) in [5, 5.41) is 6.14. The fourth-order valence-corrected chi connectivity index (χ4v) is 2.89. The second kappa shape index (κ2) is 8.44. The lowest BCUT2D eigenvalue weighted by molar-refractivity contribution is -0.118. The number of ether oxygens (including phenoxy) is 1. The third-order valence-corrected chi connectivity index (χ3v) is 4.34. The molecule has 0 fully saturated rings. The molecule has 2 rings (SSSR count). The summed E-state index contributed by atoms with van der Waals surface area (Å²) in [6, 6.07) is 7.78. The molecule has 0 atom stereocenters. The van der Waals surface area contributed by atoms with Gasteiger partial charge in [-0.15, -0.1) is 11.3 Å². The van der Waals surface area contributed by atoms with Crippen LogP contribution in [0.1, 0.15) is 32.9 Å². The van der Waals surface area contributed by atoms with Gasteiger partial charge in [0.25, 0.3) is 5.91 Å². The second-order valence-electron chi connectivity index (χ2n) is 5.36. The van der Waals surface area contributed by atoms with E-state index in [4.69, 9.17) is 4.74 Å². The fourth-order valence-electron chi connectivity index (χ4n) is 2.00. The van der Waals surface area contributed by atoms with E-state index in [0.29, 0.717) is 30.3 Å². The lowest BCUT2D eigenvalue weighted by Gasteiger charge is -2.04. The average Bonchev–Trinajstić information content (AvgIpc) is 2.92. The predicted molar refractivity (Wildman–Crippen MR) is 93.4 cm³/mol. The summed E-state index contributed by atoms with van der Waals surface area (Å²) >= 11 is 1.32. The van der Waals surface area contributed by atoms with E-state index in [-0.39, 0.29) is 11.8 Å². The van der Waals surface area contributed by atoms with Crippen LogP contribution in [0.25, 0.3) is 0 Å². The van der Waals surface area contributed by atoms with Crippen molar-refractivity contribution in [2.75, 3.05) is 13.1 Å². The molecule has 0 radical (unpaired) electrons. The molecule has 0 unspecified atom stereocenters. The smallest absolute Gasteiger partial charge is 0.263 e. The number of carbonyl (C=O) groups is 2. The zero-order valence-corrected chi connectivity index (χ0v) is 14.8. The summed E-state index contributed by atoms with van der Waals surface area (Å²) in [5.74, 6) is 0.473. The summed E-state index contributed by atoms with van der Waals surface area (Å²) in [4.78, 5) is 27.9. The van der Waals surface area contributed by atoms with Crippen LogP contribution in [0.5, 0.6) is 5.75 Å². The highest BCUT2D eigenvalue weighted by molar-refractivity contribution is 7.13. The van der Waals surface area contributed by atoms with Crippen LogP contribution in [0, 0.1) is 13.8 Å². The Kier molecular flexibility index (Phi) is 6.31. The molecule has 1 aromatic heterocycles. The molecule has 2 amide bonds. The van der Waals surface area contributed by atoms with Crippen molar-refractivity contribution in [1.29, 1.82) is 0 Å². The van der Waals surface area contributed by atoms with Gasteiger partial charge in [-0.2, -0.15) is 0 Å². The van der Waals surface area contributed by atoms with Crippen LogP contribution >= 0.6 is 11.3 Å². The summed E-state index contributed by atoms with van der Waals surface area (Å²) in [6.07, 6.45) is 0. The van der Waals surface area contributed by atoms with Crippen molar-refractivity contribution in [3.63, 3.8) is 0 Å². The number of nitrogens with zero attached hydrogens (tertiary/aromatic N) is 1. The van der Waals surface area contributed by atoms with Gasteiger partial charge in [-0.3, -0.25) is 9.59 Å². The Bertz CT molecular complexity index is 710. The van der Waals surface area contributed by atoms with Gasteiger partial charge in [-0.1, -0.05) is 17.7 Å². The molecule has 6 nitrogen and oxygen atoms in total. The van der Waals surface area contributed by atoms with E-state index in [1.54, 1.807) is 6.92 Å². The number of aryl methyl sites for hydroxylation is 2. The zero-order chi connectivity index (χ0) is 17.5. The first-order valence-corrected chi connectivity index (χ1v) is 8.46. The minimum atomic E-state index is -0.183. The maximum absolute atomic E-state index is 12.1. The van der Waals surface area contributed by atoms with Crippen LogP contribution in [0.3, 0.4) is 0 Å². The monoisotopic (exact) mass is 347 g/mol. The van der Waals surface area contributed by atoms with Crippen LogP contribution in [0.4, 0.5) is 0 Å². The molecule has 0 spiro atoms. The van der Waals surface area contributed by atoms with Gasteiger partial charge in [0.2, 0.25) is 5.91 Å². The fraction of sp³-hybridized carbons (Fsp3) is 0.353. The molecule has 2 aromatic rings. The summed E-state index contributed by atoms with van der Waals surface area (Å²) in [7, 11) is 0. The highest BCUT2D eigenvalue weighted by atomic mass is 32.1. The number of aromatic nitrogens is 1. The topological polar surface area (TPSA) is 80.3 Å². The van der Waals surface area contributed by atoms with Crippen LogP contribution < -0.4 is 15.4 Å². The molecule has 0 aliphatic heterocycles. The number of nitrogens with one attached hydrogen (secondary N) is 2. The van der Waals surface area contributed by atoms with E-state index in [1.807, 2.05) is 31.2 Å². The first-order valence-electron chi connectivity index (χ1n) is 7.64. The lowest BCUT2D eigenvalue weighted by atomic mass is 10.2. The maximum Gasteiger partial charge on any atom is 0.263 e. The van der Waals surface area contributed by atoms with Crippen molar-refractivity contribution in [2.24, 2.45) is 0 Å². The van der Waals surface area contributed by atoms with Gasteiger partial charge in [0, 0.05) is 20.0 Å². The molecule has 2 N–H and O–H groups in total. The number of hydrogen-bond donors (Lipinski definition) is 2. The highest BCUT2D eigenvalue weighted by Crippen LogP contribution is 2.20. The number of thiazole rings is 1. The van der Waals surface area contributed by atoms with Gasteiger partial charge in [-0.05, 0) is 26.0 Å². The van der Waals surface area contributed by atoms with Crippen molar-refractivity contribution >= 4 is 23.2 Å². The average molecular weight is 347 g/mol. The Morgan fingerprint density at radius 1 is 1.12 bits per heavy atom. The van der Waals surface area contributed by atoms with E-state index in [9.17, 15) is 9.59 Å². The van der Waals surface area contributed by atoms with E-state index >= 15 is 0 Å². The minimum Gasteiger partial charge on any atom is -0.486 e. The summed E-state index contributed by atoms with van der Waals surface area (Å²) in [5.41, 5.74) is 1.85. The third kappa shape index (κ3) is 5.34. The van der Waals surface area contributed by atoms with Crippen LogP contribution in [-0.4, -0.2) is 29.9 Å². The highest BCUT2D eigenvalue weighted by Gasteiger charge is 2.15. The molecule has 24 heavy (non-hydrogen) atoms. The van der Waals surface area contributed by atoms with Crippen LogP contribution in [0.2, 0.25) is 0 Å². The molecule has 0 bridgehead atoms. The molecule has 1 heterocycles. The SMILES string of the molecule is CC(=O)NCCNC(=O)c1sc(COc2ccc(C)cc2)nc1C. The number of hydrogen-bond acceptors (Lipinski definition) is 5. The van der Waals surface area contributed by atoms with E-state index in [0.717, 1.165) is 10.8 Å². The largest absolute Gasteiger partial charge is 0.486 e. The molecule has 128 valence electrons. The minimum absolute atomic E-state index is 0.117. The number of benzene rings is 1. The third-order valence-electron chi connectivity index (χ3n) is 3.21. The van der Waals surface area contributed by atoms with Gasteiger partial charge in [0.05, 0.1) is 5.69 Å². The Hall–Kier alpha value is -2.41. The Labute approximate surface area is 145 Å². The molecule has 0 saturated carbocycles. The maximum atomic E-state index is 12.1. The van der Waals surface area contributed by atoms with Crippen molar-refractivity contribution < 1.29 is 14.3 Å². The van der Waals surface area contributed by atoms with Crippen molar-refractivity contribution in [3.8, 4) is 5.75 Å². The predicted octanol–water partition coefficient (Wildman–Crippen LogP) is 2.20. The summed E-state index contributed by atoms with van der Waals surface area (Å²) < 4.78 is 5.69. The van der Waals surface area contributed by atoms with Gasteiger partial charge >= 0.3 is 0 Å². The lowest BCUT2D eigenvalue weighted by Crippen LogP contribution is -2.33. The number of amides is 2. The molecule has 7 heteroatoms. The Morgan fingerprint density at radius 3 is 2.46 bits per heavy atom. The Morgan fingerprint density at radius 2 is 1.79 bits per heavy atom. The molecular formula is C17H21N3O3S. The molecule has 1 aromatic carbocycles. The Balaban J connectivity index is 1.88. The zero-order valence-electron chi connectivity index (χ0n) is 14.0. The molecule has 0 saturated heterocycles. The van der Waals surface area contributed by atoms with E-state index in [2.05, 4.69) is 15.6 Å². The van der Waals surface area contributed by atoms with E-state index in [1.165, 1.54) is 23.8 Å². The van der Waals surface area contributed by atoms with Crippen molar-refractivity contribution in [2.45, 2.75) is 27.4 Å².